The highest BCUT2D eigenvalue weighted by atomic mass is 32.2. The van der Waals surface area contributed by atoms with Crippen molar-refractivity contribution in [3.63, 3.8) is 0 Å². The molecule has 1 rings (SSSR count). The van der Waals surface area contributed by atoms with Crippen LogP contribution >= 0.6 is 0 Å². The Labute approximate surface area is 99.0 Å². The molecule has 0 atom stereocenters. The minimum absolute atomic E-state index is 0.129. The van der Waals surface area contributed by atoms with Crippen molar-refractivity contribution in [1.29, 1.82) is 0 Å². The summed E-state index contributed by atoms with van der Waals surface area (Å²) in [5, 5.41) is 8.72. The minimum Gasteiger partial charge on any atom is -0.480 e. The van der Waals surface area contributed by atoms with Gasteiger partial charge in [0.1, 0.15) is 6.54 Å². The van der Waals surface area contributed by atoms with E-state index in [1.54, 1.807) is 12.1 Å². The van der Waals surface area contributed by atoms with Crippen molar-refractivity contribution >= 4 is 27.6 Å². The number of benzene rings is 1. The Morgan fingerprint density at radius 3 is 2.53 bits per heavy atom. The van der Waals surface area contributed by atoms with E-state index in [9.17, 15) is 13.2 Å². The molecule has 0 aliphatic heterocycles. The van der Waals surface area contributed by atoms with Crippen LogP contribution in [0.3, 0.4) is 0 Å². The first-order valence-corrected chi connectivity index (χ1v) is 6.10. The number of hydrogen-bond acceptors (Lipinski definition) is 4. The molecule has 0 fully saturated rings. The van der Waals surface area contributed by atoms with Crippen molar-refractivity contribution in [3.05, 3.63) is 24.3 Å². The first-order valence-electron chi connectivity index (χ1n) is 4.66. The molecule has 94 valence electrons. The summed E-state index contributed by atoms with van der Waals surface area (Å²) in [4.78, 5) is 10.7. The number of nitrogens with zero attached hydrogens (tertiary/aromatic N) is 1. The Bertz CT molecular complexity index is 515. The van der Waals surface area contributed by atoms with Crippen LogP contribution in [0.25, 0.3) is 0 Å². The van der Waals surface area contributed by atoms with Gasteiger partial charge >= 0.3 is 16.2 Å². The molecule has 0 aromatic heterocycles. The van der Waals surface area contributed by atoms with Crippen LogP contribution in [0.4, 0.5) is 11.4 Å². The molecule has 0 bridgehead atoms. The molecule has 0 amide bonds. The summed E-state index contributed by atoms with van der Waals surface area (Å²) in [6, 6.07) is 6.14. The van der Waals surface area contributed by atoms with Gasteiger partial charge in [-0.3, -0.25) is 4.79 Å². The second-order valence-corrected chi connectivity index (χ2v) is 4.97. The third kappa shape index (κ3) is 3.08. The van der Waals surface area contributed by atoms with Crippen molar-refractivity contribution in [2.45, 2.75) is 0 Å². The lowest BCUT2D eigenvalue weighted by molar-refractivity contribution is -0.135. The molecule has 0 saturated carbocycles. The fourth-order valence-electron chi connectivity index (χ4n) is 1.25. The van der Waals surface area contributed by atoms with Crippen molar-refractivity contribution in [2.75, 3.05) is 23.6 Å². The highest BCUT2D eigenvalue weighted by Crippen LogP contribution is 2.24. The third-order valence-electron chi connectivity index (χ3n) is 2.03. The Morgan fingerprint density at radius 2 is 2.06 bits per heavy atom. The molecule has 17 heavy (non-hydrogen) atoms. The number of hydrogen-bond donors (Lipinski definition) is 3. The summed E-state index contributed by atoms with van der Waals surface area (Å²) in [6.45, 7) is -0.697. The zero-order valence-corrected chi connectivity index (χ0v) is 9.94. The zero-order valence-electron chi connectivity index (χ0n) is 9.12. The monoisotopic (exact) mass is 259 g/mol. The summed E-state index contributed by atoms with van der Waals surface area (Å²) in [6.07, 6.45) is 0. The van der Waals surface area contributed by atoms with Gasteiger partial charge in [0.15, 0.2) is 0 Å². The van der Waals surface area contributed by atoms with Gasteiger partial charge in [-0.15, -0.1) is 0 Å². The molecule has 1 aromatic carbocycles. The summed E-state index contributed by atoms with van der Waals surface area (Å²) >= 11 is 0. The smallest absolute Gasteiger partial charge is 0.324 e. The Balaban J connectivity index is 3.25. The molecule has 0 saturated heterocycles. The summed E-state index contributed by atoms with van der Waals surface area (Å²) < 4.78 is 26.1. The van der Waals surface area contributed by atoms with Gasteiger partial charge in [-0.05, 0) is 12.1 Å². The number of para-hydroxylation sites is 2. The predicted molar refractivity (Wildman–Crippen MR) is 63.8 cm³/mol. The average Bonchev–Trinajstić information content (AvgIpc) is 2.26. The second kappa shape index (κ2) is 5.02. The predicted octanol–water partition coefficient (Wildman–Crippen LogP) is -0.376. The van der Waals surface area contributed by atoms with Gasteiger partial charge < -0.3 is 10.8 Å². The molecule has 0 radical (unpaired) electrons. The lowest BCUT2D eigenvalue weighted by Crippen LogP contribution is -2.42. The van der Waals surface area contributed by atoms with Crippen LogP contribution in [0, 0.1) is 0 Å². The summed E-state index contributed by atoms with van der Waals surface area (Å²) in [5.74, 6) is -1.27. The highest BCUT2D eigenvalue weighted by Gasteiger charge is 2.24. The molecular weight excluding hydrogens is 246 g/mol. The van der Waals surface area contributed by atoms with Crippen LogP contribution in [0.1, 0.15) is 0 Å². The Hall–Kier alpha value is -1.80. The van der Waals surface area contributed by atoms with E-state index < -0.39 is 22.7 Å². The van der Waals surface area contributed by atoms with Crippen LogP contribution < -0.4 is 14.8 Å². The normalized spacial score (nSPS) is 11.1. The van der Waals surface area contributed by atoms with Crippen LogP contribution in [0.15, 0.2) is 24.3 Å². The highest BCUT2D eigenvalue weighted by molar-refractivity contribution is 7.90. The largest absolute Gasteiger partial charge is 0.480 e. The molecule has 8 heteroatoms. The molecule has 0 aliphatic rings. The SMILES string of the molecule is CNS(=O)(=O)N(CC(=O)O)c1ccccc1N. The van der Waals surface area contributed by atoms with E-state index in [0.717, 1.165) is 0 Å². The van der Waals surface area contributed by atoms with Gasteiger partial charge in [0.2, 0.25) is 0 Å². The quantitative estimate of drug-likeness (QED) is 0.624. The fourth-order valence-corrected chi connectivity index (χ4v) is 2.17. The van der Waals surface area contributed by atoms with Gasteiger partial charge in [0.25, 0.3) is 0 Å². The Kier molecular flexibility index (Phi) is 3.92. The lowest BCUT2D eigenvalue weighted by Gasteiger charge is -2.22. The molecule has 4 N–H and O–H groups in total. The third-order valence-corrected chi connectivity index (χ3v) is 3.45. The van der Waals surface area contributed by atoms with Gasteiger partial charge in [-0.25, -0.2) is 9.03 Å². The van der Waals surface area contributed by atoms with E-state index in [-0.39, 0.29) is 11.4 Å². The summed E-state index contributed by atoms with van der Waals surface area (Å²) in [5.41, 5.74) is 5.94. The molecule has 0 spiro atoms. The number of nitrogens with one attached hydrogen (secondary N) is 1. The molecular formula is C9H13N3O4S. The first kappa shape index (κ1) is 13.3. The van der Waals surface area contributed by atoms with Crippen LogP contribution in [0.5, 0.6) is 0 Å². The van der Waals surface area contributed by atoms with Crippen molar-refractivity contribution in [3.8, 4) is 0 Å². The van der Waals surface area contributed by atoms with Crippen LogP contribution in [-0.4, -0.2) is 33.1 Å². The topological polar surface area (TPSA) is 113 Å². The number of carboxylic acid groups (broad SMARTS) is 1. The molecule has 7 nitrogen and oxygen atoms in total. The maximum Gasteiger partial charge on any atom is 0.324 e. The standard InChI is InChI=1S/C9H13N3O4S/c1-11-17(15,16)12(6-9(13)14)8-5-3-2-4-7(8)10/h2-5,11H,6,10H2,1H3,(H,13,14). The number of nitrogen functional groups attached to an aromatic ring is 1. The zero-order chi connectivity index (χ0) is 13.1. The minimum atomic E-state index is -3.91. The molecule has 0 heterocycles. The number of aliphatic carboxylic acids is 1. The fraction of sp³-hybridized carbons (Fsp3) is 0.222. The van der Waals surface area contributed by atoms with E-state index in [4.69, 9.17) is 10.8 Å². The van der Waals surface area contributed by atoms with E-state index in [1.807, 2.05) is 0 Å². The van der Waals surface area contributed by atoms with E-state index in [0.29, 0.717) is 4.31 Å². The second-order valence-electron chi connectivity index (χ2n) is 3.17. The molecule has 0 unspecified atom stereocenters. The molecule has 0 aliphatic carbocycles. The number of carboxylic acids is 1. The van der Waals surface area contributed by atoms with Crippen LogP contribution in [-0.2, 0) is 15.0 Å². The first-order chi connectivity index (χ1) is 7.88. The maximum absolute atomic E-state index is 11.7. The van der Waals surface area contributed by atoms with Gasteiger partial charge in [-0.1, -0.05) is 12.1 Å². The lowest BCUT2D eigenvalue weighted by atomic mass is 10.3. The summed E-state index contributed by atoms with van der Waals surface area (Å²) in [7, 11) is -2.71. The van der Waals surface area contributed by atoms with Gasteiger partial charge in [-0.2, -0.15) is 8.42 Å². The average molecular weight is 259 g/mol. The van der Waals surface area contributed by atoms with Crippen molar-refractivity contribution in [2.24, 2.45) is 0 Å². The maximum atomic E-state index is 11.7. The van der Waals surface area contributed by atoms with Gasteiger partial charge in [0, 0.05) is 7.05 Å². The van der Waals surface area contributed by atoms with E-state index in [2.05, 4.69) is 4.72 Å². The molecule has 1 aromatic rings. The number of carbonyl (C=O) groups is 1. The van der Waals surface area contributed by atoms with Crippen LogP contribution in [0.2, 0.25) is 0 Å². The number of rotatable bonds is 5. The number of anilines is 2. The van der Waals surface area contributed by atoms with Crippen molar-refractivity contribution < 1.29 is 18.3 Å². The van der Waals surface area contributed by atoms with Gasteiger partial charge in [0.05, 0.1) is 11.4 Å². The number of nitrogens with two attached hydrogens (primary N) is 1. The van der Waals surface area contributed by atoms with E-state index in [1.165, 1.54) is 19.2 Å². The Morgan fingerprint density at radius 1 is 1.47 bits per heavy atom. The van der Waals surface area contributed by atoms with Crippen molar-refractivity contribution in [1.82, 2.24) is 4.72 Å². The van der Waals surface area contributed by atoms with E-state index >= 15 is 0 Å².